The fraction of sp³-hybridized carbons (Fsp3) is 0.364. The Hall–Kier alpha value is -3.06. The van der Waals surface area contributed by atoms with Crippen molar-refractivity contribution in [1.29, 1.82) is 0 Å². The Morgan fingerprint density at radius 2 is 1.97 bits per heavy atom. The van der Waals surface area contributed by atoms with Crippen LogP contribution in [0.3, 0.4) is 0 Å². The number of aliphatic hydroxyl groups excluding tert-OH is 1. The average Bonchev–Trinajstić information content (AvgIpc) is 2.71. The Balaban J connectivity index is 1.40. The summed E-state index contributed by atoms with van der Waals surface area (Å²) in [5.74, 6) is 0.151. The van der Waals surface area contributed by atoms with E-state index in [1.165, 1.54) is 10.9 Å². The van der Waals surface area contributed by atoms with E-state index in [2.05, 4.69) is 15.3 Å². The molecule has 2 aromatic heterocycles. The fourth-order valence-corrected chi connectivity index (χ4v) is 3.83. The summed E-state index contributed by atoms with van der Waals surface area (Å²) in [5, 5.41) is 13.3. The van der Waals surface area contributed by atoms with Gasteiger partial charge < -0.3 is 10.4 Å². The van der Waals surface area contributed by atoms with Gasteiger partial charge in [-0.15, -0.1) is 0 Å². The molecule has 1 unspecified atom stereocenters. The monoisotopic (exact) mass is 392 g/mol. The Morgan fingerprint density at radius 1 is 1.21 bits per heavy atom. The molecule has 2 heterocycles. The second-order valence-corrected chi connectivity index (χ2v) is 7.63. The third kappa shape index (κ3) is 4.51. The van der Waals surface area contributed by atoms with Crippen LogP contribution in [0.25, 0.3) is 10.9 Å². The van der Waals surface area contributed by atoms with Gasteiger partial charge in [0, 0.05) is 31.4 Å². The highest BCUT2D eigenvalue weighted by atomic mass is 16.3. The van der Waals surface area contributed by atoms with Crippen LogP contribution in [0.2, 0.25) is 0 Å². The van der Waals surface area contributed by atoms with Crippen LogP contribution in [0.15, 0.2) is 59.9 Å². The molecule has 2 N–H and O–H groups in total. The first kappa shape index (κ1) is 19.3. The van der Waals surface area contributed by atoms with Crippen LogP contribution in [-0.2, 0) is 17.8 Å². The molecule has 1 atom stereocenters. The highest BCUT2D eigenvalue weighted by Crippen LogP contribution is 2.31. The maximum absolute atomic E-state index is 12.6. The number of amides is 1. The molecule has 150 valence electrons. The van der Waals surface area contributed by atoms with Crippen molar-refractivity contribution in [3.63, 3.8) is 0 Å². The smallest absolute Gasteiger partial charge is 0.261 e. The second kappa shape index (κ2) is 8.53. The summed E-state index contributed by atoms with van der Waals surface area (Å²) in [6.45, 7) is 0.276. The number of nitrogens with one attached hydrogen (secondary N) is 1. The number of benzene rings is 1. The number of fused-ring (bicyclic) bond motifs is 1. The Labute approximate surface area is 168 Å². The van der Waals surface area contributed by atoms with Crippen molar-refractivity contribution in [2.75, 3.05) is 0 Å². The first-order valence-electron chi connectivity index (χ1n) is 9.90. The third-order valence-electron chi connectivity index (χ3n) is 5.58. The normalized spacial score (nSPS) is 19.5. The molecule has 1 saturated carbocycles. The van der Waals surface area contributed by atoms with Crippen molar-refractivity contribution < 1.29 is 9.90 Å². The molecule has 29 heavy (non-hydrogen) atoms. The fourth-order valence-electron chi connectivity index (χ4n) is 3.83. The average molecular weight is 392 g/mol. The van der Waals surface area contributed by atoms with E-state index in [9.17, 15) is 14.7 Å². The number of rotatable bonds is 7. The summed E-state index contributed by atoms with van der Waals surface area (Å²) in [6, 6.07) is 11.0. The van der Waals surface area contributed by atoms with E-state index in [-0.39, 0.29) is 42.5 Å². The molecule has 4 rings (SSSR count). The molecule has 1 aliphatic rings. The van der Waals surface area contributed by atoms with Crippen molar-refractivity contribution in [1.82, 2.24) is 19.9 Å². The molecule has 3 aromatic rings. The highest BCUT2D eigenvalue weighted by molar-refractivity contribution is 5.77. The van der Waals surface area contributed by atoms with E-state index < -0.39 is 0 Å². The van der Waals surface area contributed by atoms with Crippen molar-refractivity contribution in [3.05, 3.63) is 71.0 Å². The lowest BCUT2D eigenvalue weighted by Crippen LogP contribution is -2.48. The summed E-state index contributed by atoms with van der Waals surface area (Å²) in [7, 11) is 0. The minimum atomic E-state index is -0.279. The molecule has 1 aromatic carbocycles. The predicted molar refractivity (Wildman–Crippen MR) is 109 cm³/mol. The molecular formula is C22H24N4O3. The van der Waals surface area contributed by atoms with Gasteiger partial charge >= 0.3 is 0 Å². The lowest BCUT2D eigenvalue weighted by molar-refractivity contribution is -0.123. The predicted octanol–water partition coefficient (Wildman–Crippen LogP) is 1.68. The molecular weight excluding hydrogens is 368 g/mol. The second-order valence-electron chi connectivity index (χ2n) is 7.63. The minimum Gasteiger partial charge on any atom is -0.393 e. The highest BCUT2D eigenvalue weighted by Gasteiger charge is 2.34. The zero-order chi connectivity index (χ0) is 20.2. The van der Waals surface area contributed by atoms with Crippen molar-refractivity contribution >= 4 is 16.8 Å². The Kier molecular flexibility index (Phi) is 5.67. The summed E-state index contributed by atoms with van der Waals surface area (Å²) < 4.78 is 1.48. The van der Waals surface area contributed by atoms with Crippen LogP contribution in [0, 0.1) is 5.92 Å². The third-order valence-corrected chi connectivity index (χ3v) is 5.58. The molecule has 1 fully saturated rings. The Bertz CT molecular complexity index is 1040. The van der Waals surface area contributed by atoms with E-state index in [1.807, 2.05) is 18.2 Å². The first-order valence-corrected chi connectivity index (χ1v) is 9.90. The van der Waals surface area contributed by atoms with Gasteiger partial charge in [0.05, 0.1) is 23.3 Å². The zero-order valence-electron chi connectivity index (χ0n) is 16.1. The van der Waals surface area contributed by atoms with Gasteiger partial charge in [0.2, 0.25) is 5.91 Å². The van der Waals surface area contributed by atoms with Gasteiger partial charge in [-0.2, -0.15) is 0 Å². The standard InChI is InChI=1S/C22H24N4O3/c27-17-12-16(13-17)20(11-15-5-8-23-9-6-15)25-21(28)7-10-26-14-24-19-4-2-1-3-18(19)22(26)29/h1-6,8-9,14,16-17,20,27H,7,10-13H2,(H,25,28). The van der Waals surface area contributed by atoms with E-state index >= 15 is 0 Å². The lowest BCUT2D eigenvalue weighted by Gasteiger charge is -2.38. The number of nitrogens with zero attached hydrogens (tertiary/aromatic N) is 3. The lowest BCUT2D eigenvalue weighted by atomic mass is 9.75. The van der Waals surface area contributed by atoms with Gasteiger partial charge in [0.25, 0.3) is 5.56 Å². The van der Waals surface area contributed by atoms with Gasteiger partial charge in [-0.05, 0) is 55.0 Å². The number of aryl methyl sites for hydroxylation is 1. The number of carbonyl (C=O) groups excluding carboxylic acids is 1. The van der Waals surface area contributed by atoms with E-state index in [4.69, 9.17) is 0 Å². The van der Waals surface area contributed by atoms with E-state index in [1.54, 1.807) is 30.6 Å². The van der Waals surface area contributed by atoms with Gasteiger partial charge in [0.1, 0.15) is 0 Å². The number of para-hydroxylation sites is 1. The topological polar surface area (TPSA) is 97.1 Å². The van der Waals surface area contributed by atoms with Crippen molar-refractivity contribution in [3.8, 4) is 0 Å². The minimum absolute atomic E-state index is 0.0419. The van der Waals surface area contributed by atoms with Gasteiger partial charge in [-0.25, -0.2) is 4.98 Å². The van der Waals surface area contributed by atoms with Crippen molar-refractivity contribution in [2.45, 2.75) is 44.4 Å². The summed E-state index contributed by atoms with van der Waals surface area (Å²) in [5.41, 5.74) is 1.61. The molecule has 7 heteroatoms. The maximum Gasteiger partial charge on any atom is 0.261 e. The van der Waals surface area contributed by atoms with Gasteiger partial charge in [-0.1, -0.05) is 12.1 Å². The van der Waals surface area contributed by atoms with Crippen LogP contribution < -0.4 is 10.9 Å². The summed E-state index contributed by atoms with van der Waals surface area (Å²) in [4.78, 5) is 33.5. The van der Waals surface area contributed by atoms with E-state index in [0.717, 1.165) is 5.56 Å². The number of pyridine rings is 1. The molecule has 7 nitrogen and oxygen atoms in total. The molecule has 1 aliphatic carbocycles. The number of hydrogen-bond donors (Lipinski definition) is 2. The van der Waals surface area contributed by atoms with Crippen LogP contribution >= 0.6 is 0 Å². The number of hydrogen-bond acceptors (Lipinski definition) is 5. The molecule has 0 aliphatic heterocycles. The largest absolute Gasteiger partial charge is 0.393 e. The molecule has 0 spiro atoms. The SMILES string of the molecule is O=C(CCn1cnc2ccccc2c1=O)NC(Cc1ccncc1)C1CC(O)C1. The van der Waals surface area contributed by atoms with E-state index in [0.29, 0.717) is 30.2 Å². The number of aliphatic hydroxyl groups is 1. The van der Waals surface area contributed by atoms with Gasteiger partial charge in [-0.3, -0.25) is 19.1 Å². The summed E-state index contributed by atoms with van der Waals surface area (Å²) in [6.07, 6.45) is 6.99. The van der Waals surface area contributed by atoms with Crippen LogP contribution in [0.5, 0.6) is 0 Å². The van der Waals surface area contributed by atoms with Crippen LogP contribution in [-0.4, -0.2) is 37.7 Å². The Morgan fingerprint density at radius 3 is 2.72 bits per heavy atom. The molecule has 1 amide bonds. The molecule has 0 saturated heterocycles. The summed E-state index contributed by atoms with van der Waals surface area (Å²) >= 11 is 0. The first-order chi connectivity index (χ1) is 14.1. The maximum atomic E-state index is 12.6. The zero-order valence-corrected chi connectivity index (χ0v) is 16.1. The van der Waals surface area contributed by atoms with Crippen molar-refractivity contribution in [2.24, 2.45) is 5.92 Å². The van der Waals surface area contributed by atoms with Crippen LogP contribution in [0.1, 0.15) is 24.8 Å². The number of aromatic nitrogens is 3. The molecule has 0 bridgehead atoms. The van der Waals surface area contributed by atoms with Gasteiger partial charge in [0.15, 0.2) is 0 Å². The quantitative estimate of drug-likeness (QED) is 0.638. The molecule has 0 radical (unpaired) electrons. The van der Waals surface area contributed by atoms with Crippen LogP contribution in [0.4, 0.5) is 0 Å². The number of carbonyl (C=O) groups is 1.